The highest BCUT2D eigenvalue weighted by molar-refractivity contribution is 6.04. The predicted molar refractivity (Wildman–Crippen MR) is 92.6 cm³/mol. The van der Waals surface area contributed by atoms with Crippen molar-refractivity contribution in [2.24, 2.45) is 0 Å². The summed E-state index contributed by atoms with van der Waals surface area (Å²) in [4.78, 5) is 21.0. The fourth-order valence-electron chi connectivity index (χ4n) is 2.59. The number of aryl methyl sites for hydroxylation is 2. The summed E-state index contributed by atoms with van der Waals surface area (Å²) in [5.74, 6) is -3.45. The van der Waals surface area contributed by atoms with Crippen molar-refractivity contribution in [2.75, 3.05) is 6.54 Å². The van der Waals surface area contributed by atoms with E-state index < -0.39 is 29.5 Å². The van der Waals surface area contributed by atoms with Gasteiger partial charge in [0.25, 0.3) is 5.91 Å². The van der Waals surface area contributed by atoms with Gasteiger partial charge >= 0.3 is 0 Å². The normalized spacial score (nSPS) is 12.2. The number of aliphatic hydroxyl groups is 1. The number of aliphatic hydroxyl groups excluding tert-OH is 1. The van der Waals surface area contributed by atoms with Crippen LogP contribution < -0.4 is 5.32 Å². The fourth-order valence-corrected chi connectivity index (χ4v) is 2.59. The van der Waals surface area contributed by atoms with Gasteiger partial charge in [-0.05, 0) is 37.6 Å². The minimum atomic E-state index is -1.26. The van der Waals surface area contributed by atoms with E-state index in [1.54, 1.807) is 13.8 Å². The third-order valence-electron chi connectivity index (χ3n) is 4.17. The van der Waals surface area contributed by atoms with E-state index in [9.17, 15) is 23.1 Å². The van der Waals surface area contributed by atoms with E-state index in [-0.39, 0.29) is 28.7 Å². The molecule has 0 saturated heterocycles. The Kier molecular flexibility index (Phi) is 5.09. The molecule has 1 atom stereocenters. The second-order valence-electron chi connectivity index (χ2n) is 6.11. The molecular weight excluding hydrogens is 359 g/mol. The molecule has 0 fully saturated rings. The molecule has 0 saturated carbocycles. The minimum Gasteiger partial charge on any atom is -0.387 e. The third-order valence-corrected chi connectivity index (χ3v) is 4.17. The smallest absolute Gasteiger partial charge is 0.253 e. The van der Waals surface area contributed by atoms with Crippen LogP contribution in [0, 0.1) is 31.3 Å². The molecule has 140 valence electrons. The molecule has 0 aliphatic carbocycles. The summed E-state index contributed by atoms with van der Waals surface area (Å²) in [7, 11) is 0. The Morgan fingerprint density at radius 2 is 1.78 bits per heavy atom. The number of carbonyl (C=O) groups is 1. The van der Waals surface area contributed by atoms with E-state index >= 15 is 0 Å². The topological polar surface area (TPSA) is 75.1 Å². The number of fused-ring (bicyclic) bond motifs is 1. The van der Waals surface area contributed by atoms with Gasteiger partial charge in [-0.2, -0.15) is 0 Å². The maximum atomic E-state index is 13.9. The lowest BCUT2D eigenvalue weighted by molar-refractivity contribution is 0.0917. The van der Waals surface area contributed by atoms with Gasteiger partial charge in [-0.1, -0.05) is 6.07 Å². The largest absolute Gasteiger partial charge is 0.387 e. The van der Waals surface area contributed by atoms with E-state index in [2.05, 4.69) is 15.3 Å². The SMILES string of the molecule is Cc1nc2cc(F)cc(C(=O)NC[C@@H](O)c3ccc(F)c(F)c3)c2nc1C. The van der Waals surface area contributed by atoms with Crippen LogP contribution in [-0.4, -0.2) is 27.5 Å². The van der Waals surface area contributed by atoms with Crippen molar-refractivity contribution in [1.82, 2.24) is 15.3 Å². The first-order valence-electron chi connectivity index (χ1n) is 8.12. The van der Waals surface area contributed by atoms with Gasteiger partial charge in [-0.3, -0.25) is 4.79 Å². The summed E-state index contributed by atoms with van der Waals surface area (Å²) in [6.07, 6.45) is -1.26. The van der Waals surface area contributed by atoms with Gasteiger partial charge < -0.3 is 10.4 Å². The predicted octanol–water partition coefficient (Wildman–Crippen LogP) is 3.13. The summed E-state index contributed by atoms with van der Waals surface area (Å²) in [5.41, 5.74) is 1.77. The number of nitrogens with zero attached hydrogens (tertiary/aromatic N) is 2. The molecule has 3 rings (SSSR count). The van der Waals surface area contributed by atoms with Crippen LogP contribution in [0.5, 0.6) is 0 Å². The summed E-state index contributed by atoms with van der Waals surface area (Å²) in [5, 5.41) is 12.5. The van der Waals surface area contributed by atoms with Crippen molar-refractivity contribution in [2.45, 2.75) is 20.0 Å². The number of rotatable bonds is 4. The van der Waals surface area contributed by atoms with Gasteiger partial charge in [0.1, 0.15) is 11.3 Å². The van der Waals surface area contributed by atoms with Crippen LogP contribution in [-0.2, 0) is 0 Å². The van der Waals surface area contributed by atoms with Crippen molar-refractivity contribution in [3.8, 4) is 0 Å². The van der Waals surface area contributed by atoms with Crippen LogP contribution in [0.2, 0.25) is 0 Å². The van der Waals surface area contributed by atoms with Crippen molar-refractivity contribution in [1.29, 1.82) is 0 Å². The molecule has 1 heterocycles. The quantitative estimate of drug-likeness (QED) is 0.735. The molecular formula is C19H16F3N3O2. The van der Waals surface area contributed by atoms with Gasteiger partial charge in [0.15, 0.2) is 11.6 Å². The Bertz CT molecular complexity index is 1040. The first kappa shape index (κ1) is 18.8. The van der Waals surface area contributed by atoms with Crippen LogP contribution in [0.3, 0.4) is 0 Å². The van der Waals surface area contributed by atoms with Gasteiger partial charge in [0.05, 0.1) is 28.6 Å². The molecule has 3 aromatic rings. The lowest BCUT2D eigenvalue weighted by Crippen LogP contribution is -2.29. The molecule has 0 aliphatic heterocycles. The number of carbonyl (C=O) groups excluding carboxylic acids is 1. The van der Waals surface area contributed by atoms with E-state index in [4.69, 9.17) is 0 Å². The van der Waals surface area contributed by atoms with Crippen LogP contribution >= 0.6 is 0 Å². The number of benzene rings is 2. The maximum Gasteiger partial charge on any atom is 0.253 e. The average molecular weight is 375 g/mol. The van der Waals surface area contributed by atoms with Gasteiger partial charge in [0, 0.05) is 12.6 Å². The van der Waals surface area contributed by atoms with E-state index in [0.29, 0.717) is 11.4 Å². The highest BCUT2D eigenvalue weighted by Crippen LogP contribution is 2.20. The standard InChI is InChI=1S/C19H16F3N3O2/c1-9-10(2)25-18-13(6-12(20)7-16(18)24-9)19(27)23-8-17(26)11-3-4-14(21)15(22)5-11/h3-7,17,26H,8H2,1-2H3,(H,23,27)/t17-/m1/s1. The number of aromatic nitrogens is 2. The summed E-state index contributed by atoms with van der Waals surface area (Å²) >= 11 is 0. The molecule has 1 aromatic heterocycles. The van der Waals surface area contributed by atoms with Crippen molar-refractivity contribution >= 4 is 16.9 Å². The Morgan fingerprint density at radius 3 is 2.48 bits per heavy atom. The molecule has 0 spiro atoms. The molecule has 0 aliphatic rings. The summed E-state index contributed by atoms with van der Waals surface area (Å²) < 4.78 is 40.1. The molecule has 0 bridgehead atoms. The zero-order valence-corrected chi connectivity index (χ0v) is 14.6. The van der Waals surface area contributed by atoms with Crippen LogP contribution in [0.25, 0.3) is 11.0 Å². The summed E-state index contributed by atoms with van der Waals surface area (Å²) in [6.45, 7) is 3.17. The molecule has 5 nitrogen and oxygen atoms in total. The molecule has 1 amide bonds. The zero-order chi connectivity index (χ0) is 19.7. The van der Waals surface area contributed by atoms with Crippen molar-refractivity contribution in [3.63, 3.8) is 0 Å². The average Bonchev–Trinajstić information content (AvgIpc) is 2.62. The van der Waals surface area contributed by atoms with Gasteiger partial charge in [-0.15, -0.1) is 0 Å². The number of amides is 1. The molecule has 0 unspecified atom stereocenters. The Morgan fingerprint density at radius 1 is 1.07 bits per heavy atom. The fraction of sp³-hybridized carbons (Fsp3) is 0.211. The Balaban J connectivity index is 1.83. The number of nitrogens with one attached hydrogen (secondary N) is 1. The molecule has 2 N–H and O–H groups in total. The molecule has 8 heteroatoms. The molecule has 2 aromatic carbocycles. The van der Waals surface area contributed by atoms with E-state index in [0.717, 1.165) is 18.2 Å². The van der Waals surface area contributed by atoms with Crippen LogP contribution in [0.4, 0.5) is 13.2 Å². The number of hydrogen-bond donors (Lipinski definition) is 2. The lowest BCUT2D eigenvalue weighted by Gasteiger charge is -2.13. The van der Waals surface area contributed by atoms with Crippen molar-refractivity contribution in [3.05, 3.63) is 70.3 Å². The van der Waals surface area contributed by atoms with E-state index in [1.807, 2.05) is 0 Å². The molecule has 0 radical (unpaired) electrons. The third kappa shape index (κ3) is 3.90. The Hall–Kier alpha value is -3.00. The Labute approximate surface area is 152 Å². The first-order chi connectivity index (χ1) is 12.8. The first-order valence-corrected chi connectivity index (χ1v) is 8.12. The lowest BCUT2D eigenvalue weighted by atomic mass is 10.1. The monoisotopic (exact) mass is 375 g/mol. The van der Waals surface area contributed by atoms with E-state index in [1.165, 1.54) is 12.1 Å². The maximum absolute atomic E-state index is 13.9. The van der Waals surface area contributed by atoms with Gasteiger partial charge in [0.2, 0.25) is 0 Å². The number of halogens is 3. The van der Waals surface area contributed by atoms with Crippen molar-refractivity contribution < 1.29 is 23.1 Å². The zero-order valence-electron chi connectivity index (χ0n) is 14.6. The second-order valence-corrected chi connectivity index (χ2v) is 6.11. The minimum absolute atomic E-state index is 0.0295. The van der Waals surface area contributed by atoms with Gasteiger partial charge in [-0.25, -0.2) is 23.1 Å². The highest BCUT2D eigenvalue weighted by Gasteiger charge is 2.17. The highest BCUT2D eigenvalue weighted by atomic mass is 19.2. The second kappa shape index (κ2) is 7.32. The van der Waals surface area contributed by atoms with Crippen LogP contribution in [0.15, 0.2) is 30.3 Å². The molecule has 27 heavy (non-hydrogen) atoms. The number of hydrogen-bond acceptors (Lipinski definition) is 4. The van der Waals surface area contributed by atoms with Crippen LogP contribution in [0.1, 0.15) is 33.4 Å². The summed E-state index contributed by atoms with van der Waals surface area (Å²) in [6, 6.07) is 5.16.